The molecule has 0 aromatic carbocycles. The summed E-state index contributed by atoms with van der Waals surface area (Å²) in [4.78, 5) is 0. The fourth-order valence-electron chi connectivity index (χ4n) is 2.08. The standard InChI is InChI=1S/C11H22/c1-8-6-10(7-8)9(2)11(3,4)5/h8-10H,6-7H2,1-5H3/t8?,9-,10?/m1/s1. The molecule has 0 spiro atoms. The van der Waals surface area contributed by atoms with Gasteiger partial charge in [0, 0.05) is 0 Å². The molecule has 1 aliphatic carbocycles. The topological polar surface area (TPSA) is 0 Å². The van der Waals surface area contributed by atoms with E-state index in [0.29, 0.717) is 5.41 Å². The average molecular weight is 154 g/mol. The van der Waals surface area contributed by atoms with Gasteiger partial charge in [-0.25, -0.2) is 0 Å². The number of hydrogen-bond acceptors (Lipinski definition) is 0. The first-order valence-corrected chi connectivity index (χ1v) is 4.91. The molecule has 0 aromatic heterocycles. The lowest BCUT2D eigenvalue weighted by atomic mass is 9.63. The maximum Gasteiger partial charge on any atom is -0.0354 e. The average Bonchev–Trinajstić information content (AvgIpc) is 1.77. The van der Waals surface area contributed by atoms with Crippen LogP contribution in [0.5, 0.6) is 0 Å². The van der Waals surface area contributed by atoms with Gasteiger partial charge in [-0.15, -0.1) is 0 Å². The van der Waals surface area contributed by atoms with Crippen molar-refractivity contribution in [2.24, 2.45) is 23.2 Å². The molecule has 0 aliphatic heterocycles. The number of hydrogen-bond donors (Lipinski definition) is 0. The molecule has 0 heteroatoms. The van der Waals surface area contributed by atoms with Crippen LogP contribution >= 0.6 is 0 Å². The molecule has 1 aliphatic rings. The molecule has 0 N–H and O–H groups in total. The summed E-state index contributed by atoms with van der Waals surface area (Å²) in [5.74, 6) is 2.92. The van der Waals surface area contributed by atoms with Gasteiger partial charge in [0.15, 0.2) is 0 Å². The summed E-state index contributed by atoms with van der Waals surface area (Å²) in [5.41, 5.74) is 0.519. The molecule has 1 rings (SSSR count). The second-order valence-corrected chi connectivity index (χ2v) is 5.49. The van der Waals surface area contributed by atoms with E-state index in [0.717, 1.165) is 17.8 Å². The van der Waals surface area contributed by atoms with Crippen molar-refractivity contribution in [2.45, 2.75) is 47.5 Å². The fourth-order valence-corrected chi connectivity index (χ4v) is 2.08. The SMILES string of the molecule is CC1CC([C@@H](C)C(C)(C)C)C1. The lowest BCUT2D eigenvalue weighted by Gasteiger charge is -2.43. The molecule has 11 heavy (non-hydrogen) atoms. The zero-order valence-electron chi connectivity index (χ0n) is 8.65. The van der Waals surface area contributed by atoms with Crippen LogP contribution in [0.15, 0.2) is 0 Å². The molecule has 0 amide bonds. The smallest absolute Gasteiger partial charge is 0.0354 e. The maximum absolute atomic E-state index is 2.41. The van der Waals surface area contributed by atoms with Crippen LogP contribution in [0.1, 0.15) is 47.5 Å². The van der Waals surface area contributed by atoms with Crippen molar-refractivity contribution in [1.82, 2.24) is 0 Å². The lowest BCUT2D eigenvalue weighted by molar-refractivity contribution is 0.0727. The van der Waals surface area contributed by atoms with Crippen LogP contribution in [0.25, 0.3) is 0 Å². The van der Waals surface area contributed by atoms with Crippen molar-refractivity contribution in [3.8, 4) is 0 Å². The molecule has 0 heterocycles. The van der Waals surface area contributed by atoms with Crippen molar-refractivity contribution in [2.75, 3.05) is 0 Å². The second-order valence-electron chi connectivity index (χ2n) is 5.49. The Morgan fingerprint density at radius 1 is 1.18 bits per heavy atom. The molecule has 0 saturated heterocycles. The molecule has 1 fully saturated rings. The largest absolute Gasteiger partial charge is 0.0625 e. The second kappa shape index (κ2) is 2.80. The molecule has 1 atom stereocenters. The van der Waals surface area contributed by atoms with Crippen LogP contribution in [0.3, 0.4) is 0 Å². The van der Waals surface area contributed by atoms with Crippen LogP contribution in [0.4, 0.5) is 0 Å². The summed E-state index contributed by atoms with van der Waals surface area (Å²) >= 11 is 0. The van der Waals surface area contributed by atoms with Gasteiger partial charge < -0.3 is 0 Å². The summed E-state index contributed by atoms with van der Waals surface area (Å²) < 4.78 is 0. The van der Waals surface area contributed by atoms with Gasteiger partial charge in [0.05, 0.1) is 0 Å². The highest BCUT2D eigenvalue weighted by Gasteiger charge is 2.35. The quantitative estimate of drug-likeness (QED) is 0.540. The normalized spacial score (nSPS) is 34.6. The Hall–Kier alpha value is 0. The highest BCUT2D eigenvalue weighted by molar-refractivity contribution is 4.85. The van der Waals surface area contributed by atoms with Gasteiger partial charge in [-0.3, -0.25) is 0 Å². The lowest BCUT2D eigenvalue weighted by Crippen LogP contribution is -2.34. The fraction of sp³-hybridized carbons (Fsp3) is 1.00. The molecular formula is C11H22. The molecule has 1 saturated carbocycles. The maximum atomic E-state index is 2.41. The van der Waals surface area contributed by atoms with E-state index in [1.165, 1.54) is 12.8 Å². The van der Waals surface area contributed by atoms with Gasteiger partial charge in [0.2, 0.25) is 0 Å². The molecular weight excluding hydrogens is 132 g/mol. The molecule has 0 radical (unpaired) electrons. The van der Waals surface area contributed by atoms with E-state index in [2.05, 4.69) is 34.6 Å². The molecule has 0 nitrogen and oxygen atoms in total. The summed E-state index contributed by atoms with van der Waals surface area (Å²) in [6.07, 6.45) is 2.94. The van der Waals surface area contributed by atoms with Crippen molar-refractivity contribution in [3.63, 3.8) is 0 Å². The zero-order chi connectivity index (χ0) is 8.65. The van der Waals surface area contributed by atoms with Crippen molar-refractivity contribution < 1.29 is 0 Å². The van der Waals surface area contributed by atoms with Gasteiger partial charge in [0.1, 0.15) is 0 Å². The Bertz CT molecular complexity index is 123. The van der Waals surface area contributed by atoms with E-state index in [1.54, 1.807) is 0 Å². The Balaban J connectivity index is 2.38. The van der Waals surface area contributed by atoms with Gasteiger partial charge in [-0.05, 0) is 36.0 Å². The summed E-state index contributed by atoms with van der Waals surface area (Å²) in [6, 6.07) is 0. The van der Waals surface area contributed by atoms with E-state index in [9.17, 15) is 0 Å². The van der Waals surface area contributed by atoms with Crippen LogP contribution in [0, 0.1) is 23.2 Å². The Morgan fingerprint density at radius 3 is 1.91 bits per heavy atom. The number of rotatable bonds is 1. The third-order valence-corrected chi connectivity index (χ3v) is 3.48. The Labute approximate surface area is 71.4 Å². The monoisotopic (exact) mass is 154 g/mol. The minimum Gasteiger partial charge on any atom is -0.0625 e. The van der Waals surface area contributed by atoms with Gasteiger partial charge in [0.25, 0.3) is 0 Å². The van der Waals surface area contributed by atoms with E-state index < -0.39 is 0 Å². The van der Waals surface area contributed by atoms with E-state index in [4.69, 9.17) is 0 Å². The predicted octanol–water partition coefficient (Wildman–Crippen LogP) is 3.71. The van der Waals surface area contributed by atoms with Gasteiger partial charge in [-0.2, -0.15) is 0 Å². The molecule has 0 unspecified atom stereocenters. The van der Waals surface area contributed by atoms with Crippen molar-refractivity contribution in [3.05, 3.63) is 0 Å². The Morgan fingerprint density at radius 2 is 1.64 bits per heavy atom. The first kappa shape index (κ1) is 9.09. The summed E-state index contributed by atoms with van der Waals surface area (Å²) in [5, 5.41) is 0. The van der Waals surface area contributed by atoms with Crippen LogP contribution in [-0.4, -0.2) is 0 Å². The van der Waals surface area contributed by atoms with Crippen LogP contribution in [0.2, 0.25) is 0 Å². The van der Waals surface area contributed by atoms with Gasteiger partial charge in [-0.1, -0.05) is 34.6 Å². The first-order valence-electron chi connectivity index (χ1n) is 4.91. The van der Waals surface area contributed by atoms with E-state index >= 15 is 0 Å². The van der Waals surface area contributed by atoms with E-state index in [-0.39, 0.29) is 0 Å². The van der Waals surface area contributed by atoms with Crippen LogP contribution in [-0.2, 0) is 0 Å². The van der Waals surface area contributed by atoms with Gasteiger partial charge >= 0.3 is 0 Å². The van der Waals surface area contributed by atoms with Crippen LogP contribution < -0.4 is 0 Å². The molecule has 0 aromatic rings. The third-order valence-electron chi connectivity index (χ3n) is 3.48. The van der Waals surface area contributed by atoms with Crippen molar-refractivity contribution >= 4 is 0 Å². The zero-order valence-corrected chi connectivity index (χ0v) is 8.65. The Kier molecular flexibility index (Phi) is 2.32. The highest BCUT2D eigenvalue weighted by atomic mass is 14.4. The van der Waals surface area contributed by atoms with Crippen molar-refractivity contribution in [1.29, 1.82) is 0 Å². The minimum atomic E-state index is 0.519. The first-order chi connectivity index (χ1) is 4.91. The minimum absolute atomic E-state index is 0.519. The third kappa shape index (κ3) is 1.98. The molecule has 66 valence electrons. The summed E-state index contributed by atoms with van der Waals surface area (Å²) in [7, 11) is 0. The highest BCUT2D eigenvalue weighted by Crippen LogP contribution is 2.44. The molecule has 0 bridgehead atoms. The van der Waals surface area contributed by atoms with E-state index in [1.807, 2.05) is 0 Å². The summed E-state index contributed by atoms with van der Waals surface area (Å²) in [6.45, 7) is 11.9. The predicted molar refractivity (Wildman–Crippen MR) is 50.5 cm³/mol.